The number of carbonyl (C=O) groups is 11. The van der Waals surface area contributed by atoms with Gasteiger partial charge < -0.3 is 61.6 Å². The minimum Gasteiger partial charge on any atom is -0.480 e. The Morgan fingerprint density at radius 3 is 1.82 bits per heavy atom. The number of amides is 7. The van der Waals surface area contributed by atoms with Gasteiger partial charge in [0.05, 0.1) is 43.9 Å². The van der Waals surface area contributed by atoms with Crippen molar-refractivity contribution in [3.05, 3.63) is 72.0 Å². The summed E-state index contributed by atoms with van der Waals surface area (Å²) >= 11 is 0. The van der Waals surface area contributed by atoms with E-state index in [1.165, 1.54) is 19.9 Å². The summed E-state index contributed by atoms with van der Waals surface area (Å²) in [4.78, 5) is 144. The molecule has 0 aromatic heterocycles. The van der Waals surface area contributed by atoms with E-state index in [2.05, 4.69) is 48.5 Å². The molecule has 1 heterocycles. The van der Waals surface area contributed by atoms with Gasteiger partial charge in [-0.2, -0.15) is 0 Å². The fourth-order valence-electron chi connectivity index (χ4n) is 7.08. The van der Waals surface area contributed by atoms with Gasteiger partial charge in [0.15, 0.2) is 0 Å². The number of carbonyl (C=O) groups excluding carboxylic acids is 9. The molecule has 0 bridgehead atoms. The van der Waals surface area contributed by atoms with Gasteiger partial charge in [-0.25, -0.2) is 9.59 Å². The van der Waals surface area contributed by atoms with E-state index in [1.807, 2.05) is 43.3 Å². The van der Waals surface area contributed by atoms with Crippen LogP contribution < -0.4 is 37.2 Å². The molecule has 9 N–H and O–H groups in total. The maximum Gasteiger partial charge on any atom is 0.327 e. The van der Waals surface area contributed by atoms with Crippen molar-refractivity contribution in [3.63, 3.8) is 0 Å². The predicted molar refractivity (Wildman–Crippen MR) is 253 cm³/mol. The zero-order valence-corrected chi connectivity index (χ0v) is 41.2. The minimum atomic E-state index is -2.04. The number of hydrogen-bond acceptors (Lipinski definition) is 14. The molecule has 10 atom stereocenters. The van der Waals surface area contributed by atoms with Crippen molar-refractivity contribution in [3.8, 4) is 0 Å². The average Bonchev–Trinajstić information content (AvgIpc) is 3.33. The molecule has 0 radical (unpaired) electrons. The van der Waals surface area contributed by atoms with Crippen LogP contribution in [0.3, 0.4) is 0 Å². The molecule has 1 saturated heterocycles. The number of allylic oxidation sites excluding steroid dienone is 2. The Hall–Kier alpha value is -7.43. The van der Waals surface area contributed by atoms with Gasteiger partial charge >= 0.3 is 23.9 Å². The number of aliphatic carboxylic acids is 2. The molecular weight excluding hydrogens is 931 g/mol. The molecule has 2 rings (SSSR count). The van der Waals surface area contributed by atoms with E-state index in [9.17, 15) is 63.0 Å². The molecule has 2 unspecified atom stereocenters. The quantitative estimate of drug-likeness (QED) is 0.0638. The second-order valence-electron chi connectivity index (χ2n) is 17.0. The molecule has 0 spiro atoms. The van der Waals surface area contributed by atoms with Crippen LogP contribution in [0.15, 0.2) is 66.4 Å². The summed E-state index contributed by atoms with van der Waals surface area (Å²) < 4.78 is 15.1. The van der Waals surface area contributed by atoms with Gasteiger partial charge in [-0.15, -0.1) is 0 Å². The summed E-state index contributed by atoms with van der Waals surface area (Å²) in [6.45, 7) is 10.9. The molecule has 23 heteroatoms. The van der Waals surface area contributed by atoms with Crippen LogP contribution in [0.1, 0.15) is 78.7 Å². The molecule has 0 saturated carbocycles. The van der Waals surface area contributed by atoms with E-state index in [0.717, 1.165) is 26.7 Å². The number of esters is 2. The van der Waals surface area contributed by atoms with Crippen LogP contribution in [0.2, 0.25) is 0 Å². The molecule has 7 amide bonds. The van der Waals surface area contributed by atoms with Gasteiger partial charge in [0.1, 0.15) is 30.2 Å². The minimum absolute atomic E-state index is 0.154. The van der Waals surface area contributed by atoms with E-state index >= 15 is 0 Å². The summed E-state index contributed by atoms with van der Waals surface area (Å²) in [7, 11) is 3.74. The van der Waals surface area contributed by atoms with Gasteiger partial charge in [0.25, 0.3) is 5.91 Å². The van der Waals surface area contributed by atoms with E-state index in [4.69, 9.17) is 9.47 Å². The van der Waals surface area contributed by atoms with Crippen molar-refractivity contribution in [2.45, 2.75) is 122 Å². The third kappa shape index (κ3) is 20.2. The van der Waals surface area contributed by atoms with Crippen molar-refractivity contribution in [2.24, 2.45) is 17.8 Å². The van der Waals surface area contributed by atoms with Crippen LogP contribution in [-0.4, -0.2) is 139 Å². The molecule has 23 nitrogen and oxygen atoms in total. The van der Waals surface area contributed by atoms with Crippen LogP contribution in [0.5, 0.6) is 0 Å². The molecule has 1 fully saturated rings. The van der Waals surface area contributed by atoms with E-state index in [1.54, 1.807) is 20.1 Å². The number of rotatable bonds is 15. The highest BCUT2D eigenvalue weighted by Crippen LogP contribution is 2.19. The van der Waals surface area contributed by atoms with Crippen LogP contribution in [0, 0.1) is 17.8 Å². The number of benzene rings is 1. The molecule has 1 aliphatic heterocycles. The summed E-state index contributed by atoms with van der Waals surface area (Å²) in [5, 5.41) is 36.7. The lowest BCUT2D eigenvalue weighted by atomic mass is 9.94. The lowest BCUT2D eigenvalue weighted by Crippen LogP contribution is -2.59. The smallest absolute Gasteiger partial charge is 0.327 e. The number of nitrogens with one attached hydrogen (secondary N) is 7. The highest BCUT2D eigenvalue weighted by Gasteiger charge is 2.37. The Balaban J connectivity index is 2.71. The standard InChI is InChI=1S/C48H67N7O16/c1-25(23-26(2)36(69-7)24-31-13-11-10-12-14-31)15-16-32-27(3)41(59)54-35(47(65)66)17-20-37(56)49-29(5)43(61)50-30(6)44(62)53-34(19-22-39(58)71-9)46(64)55-40(48(67)68)28(4)42(60)52-33(45(63)51-32)18-21-38(57)70-8/h10-16,23,26-28,30,32-36,40H,5,17-22,24H2,1-4,6-9H3,(H,49,56)(H,50,61)(H,51,63)(H,52,60)(H,53,62)(H,54,59)(H,55,64)(H,65,66)(H,67,68)/b16-15+,25-23+/t26-,27-,28?,30+,32?,33-,34-,35+,36-,40+/m0/s1. The highest BCUT2D eigenvalue weighted by molar-refractivity contribution is 6.00. The first-order valence-corrected chi connectivity index (χ1v) is 22.8. The van der Waals surface area contributed by atoms with Crippen molar-refractivity contribution >= 4 is 65.2 Å². The second kappa shape index (κ2) is 29.6. The lowest BCUT2D eigenvalue weighted by Gasteiger charge is -2.28. The predicted octanol–water partition coefficient (Wildman–Crippen LogP) is 0.0829. The number of methoxy groups -OCH3 is 3. The number of ether oxygens (including phenoxy) is 3. The maximum absolute atomic E-state index is 14.3. The topological polar surface area (TPSA) is 340 Å². The van der Waals surface area contributed by atoms with Crippen molar-refractivity contribution < 1.29 is 77.2 Å². The van der Waals surface area contributed by atoms with Crippen LogP contribution in [0.25, 0.3) is 0 Å². The first-order chi connectivity index (χ1) is 33.4. The molecular formula is C48H67N7O16. The summed E-state index contributed by atoms with van der Waals surface area (Å²) in [6, 6.07) is -0.0328. The first-order valence-electron chi connectivity index (χ1n) is 22.8. The molecule has 1 aromatic rings. The Labute approximate surface area is 411 Å². The van der Waals surface area contributed by atoms with Crippen molar-refractivity contribution in [1.82, 2.24) is 37.2 Å². The van der Waals surface area contributed by atoms with Crippen LogP contribution in [0.4, 0.5) is 0 Å². The Kier molecular flexibility index (Phi) is 24.9. The molecule has 71 heavy (non-hydrogen) atoms. The fourth-order valence-corrected chi connectivity index (χ4v) is 7.08. The van der Waals surface area contributed by atoms with Crippen LogP contribution >= 0.6 is 0 Å². The monoisotopic (exact) mass is 997 g/mol. The third-order valence-corrected chi connectivity index (χ3v) is 11.6. The number of carboxylic acid groups (broad SMARTS) is 2. The molecule has 0 aliphatic carbocycles. The highest BCUT2D eigenvalue weighted by atomic mass is 16.5. The molecule has 390 valence electrons. The van der Waals surface area contributed by atoms with Gasteiger partial charge in [-0.05, 0) is 45.1 Å². The van der Waals surface area contributed by atoms with Crippen LogP contribution in [-0.2, 0) is 73.4 Å². The van der Waals surface area contributed by atoms with Crippen molar-refractivity contribution in [2.75, 3.05) is 21.3 Å². The Morgan fingerprint density at radius 2 is 1.28 bits per heavy atom. The van der Waals surface area contributed by atoms with Gasteiger partial charge in [-0.1, -0.05) is 81.5 Å². The zero-order valence-electron chi connectivity index (χ0n) is 41.2. The number of hydrogen-bond donors (Lipinski definition) is 9. The average molecular weight is 998 g/mol. The normalized spacial score (nSPS) is 25.0. The second-order valence-corrected chi connectivity index (χ2v) is 17.0. The summed E-state index contributed by atoms with van der Waals surface area (Å²) in [6.07, 6.45) is 2.49. The molecule has 1 aliphatic rings. The van der Waals surface area contributed by atoms with Crippen molar-refractivity contribution in [1.29, 1.82) is 0 Å². The Morgan fingerprint density at radius 1 is 0.732 bits per heavy atom. The van der Waals surface area contributed by atoms with Gasteiger partial charge in [-0.3, -0.25) is 43.2 Å². The Bertz CT molecular complexity index is 2180. The van der Waals surface area contributed by atoms with E-state index in [0.29, 0.717) is 12.0 Å². The SMILES string of the molecule is C=C1NC(=O)CC[C@H](C(=O)O)NC(=O)[C@@H](C)C(/C=C/C(C)=C/[C@H](C)[C@H](Cc2ccccc2)OC)NC(=O)[C@H](CCC(=O)OC)NC(=O)C(C)[C@H](C(=O)O)NC(=O)[C@H](CCC(=O)OC)NC(=O)[C@@H](C)NC1=O. The lowest BCUT2D eigenvalue weighted by molar-refractivity contribution is -0.147. The summed E-state index contributed by atoms with van der Waals surface area (Å²) in [5.74, 6) is -15.1. The van der Waals surface area contributed by atoms with Gasteiger partial charge in [0, 0.05) is 32.3 Å². The third-order valence-electron chi connectivity index (χ3n) is 11.6. The zero-order chi connectivity index (χ0) is 53.5. The largest absolute Gasteiger partial charge is 0.480 e. The van der Waals surface area contributed by atoms with E-state index < -0.39 is 158 Å². The number of carboxylic acids is 2. The summed E-state index contributed by atoms with van der Waals surface area (Å²) in [5.41, 5.74) is 1.14. The first kappa shape index (κ1) is 59.7. The van der Waals surface area contributed by atoms with Gasteiger partial charge in [0.2, 0.25) is 35.4 Å². The van der Waals surface area contributed by atoms with E-state index in [-0.39, 0.29) is 12.0 Å². The maximum atomic E-state index is 14.3. The fraction of sp³-hybridized carbons (Fsp3) is 0.521. The molecule has 1 aromatic carbocycles.